The summed E-state index contributed by atoms with van der Waals surface area (Å²) in [6, 6.07) is 5.52. The van der Waals surface area contributed by atoms with Crippen molar-refractivity contribution in [2.75, 3.05) is 13.7 Å². The Morgan fingerprint density at radius 1 is 1.46 bits per heavy atom. The highest BCUT2D eigenvalue weighted by Gasteiger charge is 1.96. The summed E-state index contributed by atoms with van der Waals surface area (Å²) < 4.78 is 5.07. The molecule has 0 atom stereocenters. The number of benzene rings is 1. The number of hydrogen-bond acceptors (Lipinski definition) is 2. The quantitative estimate of drug-likeness (QED) is 0.807. The van der Waals surface area contributed by atoms with Crippen molar-refractivity contribution in [1.82, 2.24) is 0 Å². The standard InChI is InChI=1S/C10H12ClNO/c1-13-10-6-8(3-2-4-12)5-9(11)7-10/h2-3,5-7H,4,12H2,1H3. The van der Waals surface area contributed by atoms with Gasteiger partial charge in [-0.05, 0) is 23.8 Å². The third-order valence-corrected chi connectivity index (χ3v) is 1.79. The van der Waals surface area contributed by atoms with Gasteiger partial charge in [0, 0.05) is 11.6 Å². The fourth-order valence-corrected chi connectivity index (χ4v) is 1.24. The molecule has 0 saturated carbocycles. The molecule has 0 heterocycles. The van der Waals surface area contributed by atoms with E-state index in [9.17, 15) is 0 Å². The van der Waals surface area contributed by atoms with E-state index in [1.165, 1.54) is 0 Å². The van der Waals surface area contributed by atoms with Crippen molar-refractivity contribution in [3.05, 3.63) is 34.9 Å². The molecule has 1 rings (SSSR count). The number of halogens is 1. The lowest BCUT2D eigenvalue weighted by Gasteiger charge is -2.01. The molecule has 0 saturated heterocycles. The van der Waals surface area contributed by atoms with Gasteiger partial charge in [0.2, 0.25) is 0 Å². The Kier molecular flexibility index (Phi) is 3.80. The van der Waals surface area contributed by atoms with Crippen LogP contribution < -0.4 is 10.5 Å². The maximum Gasteiger partial charge on any atom is 0.120 e. The molecule has 0 bridgehead atoms. The van der Waals surface area contributed by atoms with E-state index >= 15 is 0 Å². The number of ether oxygens (including phenoxy) is 1. The summed E-state index contributed by atoms with van der Waals surface area (Å²) in [4.78, 5) is 0. The van der Waals surface area contributed by atoms with Crippen molar-refractivity contribution in [3.8, 4) is 5.75 Å². The van der Waals surface area contributed by atoms with E-state index in [0.29, 0.717) is 11.6 Å². The second kappa shape index (κ2) is 4.90. The highest BCUT2D eigenvalue weighted by atomic mass is 35.5. The van der Waals surface area contributed by atoms with Gasteiger partial charge in [0.05, 0.1) is 7.11 Å². The highest BCUT2D eigenvalue weighted by molar-refractivity contribution is 6.30. The van der Waals surface area contributed by atoms with Crippen molar-refractivity contribution in [3.63, 3.8) is 0 Å². The van der Waals surface area contributed by atoms with Gasteiger partial charge in [0.15, 0.2) is 0 Å². The van der Waals surface area contributed by atoms with Crippen LogP contribution in [0.1, 0.15) is 5.56 Å². The maximum absolute atomic E-state index is 5.86. The van der Waals surface area contributed by atoms with E-state index in [4.69, 9.17) is 22.1 Å². The summed E-state index contributed by atoms with van der Waals surface area (Å²) in [5, 5.41) is 0.663. The molecule has 70 valence electrons. The van der Waals surface area contributed by atoms with E-state index in [1.54, 1.807) is 13.2 Å². The first-order valence-electron chi connectivity index (χ1n) is 3.97. The lowest BCUT2D eigenvalue weighted by atomic mass is 10.2. The normalized spacial score (nSPS) is 10.7. The molecule has 3 heteroatoms. The first-order valence-corrected chi connectivity index (χ1v) is 4.35. The van der Waals surface area contributed by atoms with Gasteiger partial charge >= 0.3 is 0 Å². The lowest BCUT2D eigenvalue weighted by molar-refractivity contribution is 0.415. The summed E-state index contributed by atoms with van der Waals surface area (Å²) in [5.74, 6) is 0.754. The Hall–Kier alpha value is -0.990. The van der Waals surface area contributed by atoms with Crippen LogP contribution in [-0.4, -0.2) is 13.7 Å². The van der Waals surface area contributed by atoms with Crippen molar-refractivity contribution < 1.29 is 4.74 Å². The Bertz CT molecular complexity index is 310. The van der Waals surface area contributed by atoms with Gasteiger partial charge in [-0.1, -0.05) is 23.8 Å². The second-order valence-electron chi connectivity index (χ2n) is 2.56. The van der Waals surface area contributed by atoms with E-state index < -0.39 is 0 Å². The molecular formula is C10H12ClNO. The molecule has 2 N–H and O–H groups in total. The molecule has 0 spiro atoms. The molecule has 0 aromatic heterocycles. The second-order valence-corrected chi connectivity index (χ2v) is 3.00. The van der Waals surface area contributed by atoms with Crippen LogP contribution in [0.2, 0.25) is 5.02 Å². The molecule has 2 nitrogen and oxygen atoms in total. The fourth-order valence-electron chi connectivity index (χ4n) is 1.00. The van der Waals surface area contributed by atoms with Gasteiger partial charge in [-0.3, -0.25) is 0 Å². The molecule has 13 heavy (non-hydrogen) atoms. The van der Waals surface area contributed by atoms with Crippen molar-refractivity contribution in [2.24, 2.45) is 5.73 Å². The average Bonchev–Trinajstić information content (AvgIpc) is 2.14. The maximum atomic E-state index is 5.86. The van der Waals surface area contributed by atoms with Crippen LogP contribution in [0, 0.1) is 0 Å². The summed E-state index contributed by atoms with van der Waals surface area (Å²) in [5.41, 5.74) is 6.33. The van der Waals surface area contributed by atoms with Gasteiger partial charge in [-0.2, -0.15) is 0 Å². The minimum absolute atomic E-state index is 0.523. The number of hydrogen-bond donors (Lipinski definition) is 1. The molecule has 0 radical (unpaired) electrons. The van der Waals surface area contributed by atoms with Gasteiger partial charge < -0.3 is 10.5 Å². The van der Waals surface area contributed by atoms with Crippen LogP contribution in [0.25, 0.3) is 6.08 Å². The summed E-state index contributed by atoms with van der Waals surface area (Å²) in [7, 11) is 1.61. The largest absolute Gasteiger partial charge is 0.497 e. The molecule has 0 fully saturated rings. The smallest absolute Gasteiger partial charge is 0.120 e. The van der Waals surface area contributed by atoms with Crippen molar-refractivity contribution in [2.45, 2.75) is 0 Å². The van der Waals surface area contributed by atoms with Crippen LogP contribution in [0.3, 0.4) is 0 Å². The minimum atomic E-state index is 0.523. The number of rotatable bonds is 3. The topological polar surface area (TPSA) is 35.2 Å². The Morgan fingerprint density at radius 2 is 2.23 bits per heavy atom. The van der Waals surface area contributed by atoms with Crippen LogP contribution in [0.5, 0.6) is 5.75 Å². The van der Waals surface area contributed by atoms with Crippen LogP contribution >= 0.6 is 11.6 Å². The molecule has 0 aliphatic heterocycles. The van der Waals surface area contributed by atoms with Crippen molar-refractivity contribution in [1.29, 1.82) is 0 Å². The van der Waals surface area contributed by atoms with Gasteiger partial charge in [0.25, 0.3) is 0 Å². The van der Waals surface area contributed by atoms with E-state index in [1.807, 2.05) is 24.3 Å². The Labute approximate surface area is 83.0 Å². The first-order chi connectivity index (χ1) is 6.26. The first kappa shape index (κ1) is 10.1. The zero-order valence-corrected chi connectivity index (χ0v) is 8.21. The van der Waals surface area contributed by atoms with E-state index in [2.05, 4.69) is 0 Å². The molecule has 0 amide bonds. The minimum Gasteiger partial charge on any atom is -0.497 e. The SMILES string of the molecule is COc1cc(Cl)cc(C=CCN)c1. The Balaban J connectivity index is 2.94. The van der Waals surface area contributed by atoms with Crippen molar-refractivity contribution >= 4 is 17.7 Å². The zero-order chi connectivity index (χ0) is 9.68. The zero-order valence-electron chi connectivity index (χ0n) is 7.46. The molecular weight excluding hydrogens is 186 g/mol. The predicted molar refractivity (Wildman–Crippen MR) is 56.1 cm³/mol. The third kappa shape index (κ3) is 3.09. The number of methoxy groups -OCH3 is 1. The summed E-state index contributed by atoms with van der Waals surface area (Å²) >= 11 is 5.86. The highest BCUT2D eigenvalue weighted by Crippen LogP contribution is 2.21. The predicted octanol–water partition coefficient (Wildman–Crippen LogP) is 2.32. The number of nitrogens with two attached hydrogens (primary N) is 1. The molecule has 0 aliphatic carbocycles. The molecule has 0 aliphatic rings. The van der Waals surface area contributed by atoms with E-state index in [-0.39, 0.29) is 0 Å². The van der Waals surface area contributed by atoms with Gasteiger partial charge in [0.1, 0.15) is 5.75 Å². The molecule has 1 aromatic carbocycles. The summed E-state index contributed by atoms with van der Waals surface area (Å²) in [6.07, 6.45) is 3.78. The Morgan fingerprint density at radius 3 is 2.85 bits per heavy atom. The van der Waals surface area contributed by atoms with Crippen LogP contribution in [0.15, 0.2) is 24.3 Å². The summed E-state index contributed by atoms with van der Waals surface area (Å²) in [6.45, 7) is 0.523. The van der Waals surface area contributed by atoms with Crippen LogP contribution in [-0.2, 0) is 0 Å². The van der Waals surface area contributed by atoms with E-state index in [0.717, 1.165) is 11.3 Å². The monoisotopic (exact) mass is 197 g/mol. The molecule has 0 unspecified atom stereocenters. The molecule has 1 aromatic rings. The fraction of sp³-hybridized carbons (Fsp3) is 0.200. The van der Waals surface area contributed by atoms with Crippen LogP contribution in [0.4, 0.5) is 0 Å². The average molecular weight is 198 g/mol. The third-order valence-electron chi connectivity index (χ3n) is 1.58. The van der Waals surface area contributed by atoms with Gasteiger partial charge in [-0.15, -0.1) is 0 Å². The lowest BCUT2D eigenvalue weighted by Crippen LogP contribution is -1.92. The van der Waals surface area contributed by atoms with Gasteiger partial charge in [-0.25, -0.2) is 0 Å².